The second kappa shape index (κ2) is 8.04. The van der Waals surface area contributed by atoms with E-state index in [1.807, 2.05) is 18.2 Å². The molecule has 1 N–H and O–H groups in total. The Balaban J connectivity index is 1.56. The van der Waals surface area contributed by atoms with Crippen molar-refractivity contribution >= 4 is 35.0 Å². The molecule has 0 fully saturated rings. The molecule has 1 atom stereocenters. The predicted molar refractivity (Wildman–Crippen MR) is 106 cm³/mol. The molecular weight excluding hydrogens is 400 g/mol. The van der Waals surface area contributed by atoms with Crippen molar-refractivity contribution in [1.82, 2.24) is 15.0 Å². The van der Waals surface area contributed by atoms with Crippen LogP contribution in [0, 0.1) is 0 Å². The van der Waals surface area contributed by atoms with Gasteiger partial charge in [-0.25, -0.2) is 9.99 Å². The summed E-state index contributed by atoms with van der Waals surface area (Å²) >= 11 is 7.12. The molecule has 0 saturated heterocycles. The van der Waals surface area contributed by atoms with Crippen LogP contribution in [-0.4, -0.2) is 32.3 Å². The number of hydrogen-bond acceptors (Lipinski definition) is 6. The molecule has 3 heterocycles. The van der Waals surface area contributed by atoms with E-state index in [1.54, 1.807) is 24.5 Å². The molecule has 0 unspecified atom stereocenters. The van der Waals surface area contributed by atoms with Crippen molar-refractivity contribution in [3.63, 3.8) is 0 Å². The molecule has 0 aliphatic carbocycles. The number of carbonyl (C=O) groups excluding carboxylic acids is 1. The van der Waals surface area contributed by atoms with Crippen molar-refractivity contribution in [2.24, 2.45) is 5.10 Å². The van der Waals surface area contributed by atoms with Crippen LogP contribution in [0.4, 0.5) is 0 Å². The summed E-state index contributed by atoms with van der Waals surface area (Å²) in [6, 6.07) is 11.9. The molecule has 4 rings (SSSR count). The number of H-pyrrole nitrogens is 1. The molecule has 0 spiro atoms. The van der Waals surface area contributed by atoms with Crippen LogP contribution in [0.25, 0.3) is 0 Å². The third-order valence-electron chi connectivity index (χ3n) is 4.20. The quantitative estimate of drug-likeness (QED) is 0.509. The van der Waals surface area contributed by atoms with Crippen LogP contribution in [0.2, 0.25) is 5.02 Å². The fourth-order valence-electron chi connectivity index (χ4n) is 2.88. The molecule has 3 aromatic rings. The van der Waals surface area contributed by atoms with Crippen LogP contribution in [0.1, 0.15) is 23.8 Å². The number of thioether (sulfide) groups is 1. The number of amides is 1. The summed E-state index contributed by atoms with van der Waals surface area (Å²) < 4.78 is 5.52. The maximum Gasteiger partial charge on any atom is 0.253 e. The highest BCUT2D eigenvalue weighted by molar-refractivity contribution is 7.99. The summed E-state index contributed by atoms with van der Waals surface area (Å²) in [5, 5.41) is 7.01. The monoisotopic (exact) mass is 414 g/mol. The number of nitrogens with zero attached hydrogens (tertiary/aromatic N) is 3. The number of halogens is 1. The third-order valence-corrected chi connectivity index (χ3v) is 5.32. The fraction of sp³-hybridized carbons (Fsp3) is 0.158. The van der Waals surface area contributed by atoms with E-state index in [1.165, 1.54) is 17.3 Å². The van der Waals surface area contributed by atoms with E-state index >= 15 is 0 Å². The topological polar surface area (TPSA) is 91.6 Å². The maximum atomic E-state index is 12.9. The first-order chi connectivity index (χ1) is 13.6. The Morgan fingerprint density at radius 1 is 1.29 bits per heavy atom. The number of carbonyl (C=O) groups is 1. The lowest BCUT2D eigenvalue weighted by molar-refractivity contribution is -0.130. The minimum absolute atomic E-state index is 0.0849. The number of benzene rings is 1. The number of aromatic amines is 1. The summed E-state index contributed by atoms with van der Waals surface area (Å²) in [4.78, 5) is 30.9. The summed E-state index contributed by atoms with van der Waals surface area (Å²) in [5.74, 6) is 0.542. The Kier molecular flexibility index (Phi) is 5.31. The highest BCUT2D eigenvalue weighted by Gasteiger charge is 2.34. The average molecular weight is 415 g/mol. The summed E-state index contributed by atoms with van der Waals surface area (Å²) in [6.45, 7) is 0. The number of furan rings is 1. The molecule has 1 aliphatic heterocycles. The zero-order valence-corrected chi connectivity index (χ0v) is 16.1. The Labute approximate surface area is 169 Å². The summed E-state index contributed by atoms with van der Waals surface area (Å²) in [5.41, 5.74) is 1.42. The van der Waals surface area contributed by atoms with E-state index in [2.05, 4.69) is 15.1 Å². The average Bonchev–Trinajstić information content (AvgIpc) is 3.36. The minimum atomic E-state index is -0.323. The van der Waals surface area contributed by atoms with Gasteiger partial charge in [-0.3, -0.25) is 9.59 Å². The van der Waals surface area contributed by atoms with Crippen LogP contribution in [-0.2, 0) is 4.79 Å². The Hall–Kier alpha value is -2.84. The van der Waals surface area contributed by atoms with Crippen molar-refractivity contribution in [2.75, 3.05) is 5.75 Å². The molecule has 0 bridgehead atoms. The lowest BCUT2D eigenvalue weighted by Gasteiger charge is -2.19. The largest absolute Gasteiger partial charge is 0.467 e. The summed E-state index contributed by atoms with van der Waals surface area (Å²) in [6.07, 6.45) is 3.52. The van der Waals surface area contributed by atoms with Gasteiger partial charge < -0.3 is 9.40 Å². The van der Waals surface area contributed by atoms with E-state index in [0.29, 0.717) is 22.4 Å². The first kappa shape index (κ1) is 18.5. The van der Waals surface area contributed by atoms with E-state index in [-0.39, 0.29) is 23.3 Å². The Morgan fingerprint density at radius 3 is 2.82 bits per heavy atom. The highest BCUT2D eigenvalue weighted by Crippen LogP contribution is 2.34. The van der Waals surface area contributed by atoms with Gasteiger partial charge in [0, 0.05) is 23.7 Å². The normalized spacial score (nSPS) is 16.2. The van der Waals surface area contributed by atoms with Gasteiger partial charge >= 0.3 is 0 Å². The summed E-state index contributed by atoms with van der Waals surface area (Å²) in [7, 11) is 0. The predicted octanol–water partition coefficient (Wildman–Crippen LogP) is 3.49. The van der Waals surface area contributed by atoms with Gasteiger partial charge in [-0.2, -0.15) is 5.10 Å². The van der Waals surface area contributed by atoms with E-state index in [9.17, 15) is 9.59 Å². The molecule has 0 saturated carbocycles. The number of rotatable bonds is 5. The van der Waals surface area contributed by atoms with Crippen molar-refractivity contribution in [3.8, 4) is 0 Å². The van der Waals surface area contributed by atoms with Crippen molar-refractivity contribution in [3.05, 3.63) is 81.6 Å². The molecule has 142 valence electrons. The van der Waals surface area contributed by atoms with Gasteiger partial charge in [-0.1, -0.05) is 35.5 Å². The number of hydrogen-bond donors (Lipinski definition) is 1. The van der Waals surface area contributed by atoms with E-state index < -0.39 is 0 Å². The number of aromatic nitrogens is 2. The van der Waals surface area contributed by atoms with Crippen molar-refractivity contribution < 1.29 is 9.21 Å². The lowest BCUT2D eigenvalue weighted by Crippen LogP contribution is -2.28. The second-order valence-electron chi connectivity index (χ2n) is 6.06. The van der Waals surface area contributed by atoms with Crippen LogP contribution in [0.15, 0.2) is 74.4 Å². The molecule has 9 heteroatoms. The van der Waals surface area contributed by atoms with Gasteiger partial charge in [-0.05, 0) is 29.8 Å². The SMILES string of the molecule is O=C(CSc1nccc(=O)[nH]1)N1N=C(c2ccc(Cl)cc2)C[C@@H]1c1ccco1. The van der Waals surface area contributed by atoms with Crippen molar-refractivity contribution in [2.45, 2.75) is 17.6 Å². The highest BCUT2D eigenvalue weighted by atomic mass is 35.5. The molecule has 1 aliphatic rings. The fourth-order valence-corrected chi connectivity index (χ4v) is 3.71. The van der Waals surface area contributed by atoms with Gasteiger partial charge in [0.25, 0.3) is 11.5 Å². The third kappa shape index (κ3) is 4.02. The van der Waals surface area contributed by atoms with E-state index in [4.69, 9.17) is 16.0 Å². The Bertz CT molecular complexity index is 1060. The van der Waals surface area contributed by atoms with E-state index in [0.717, 1.165) is 23.0 Å². The molecule has 1 aromatic carbocycles. The lowest BCUT2D eigenvalue weighted by atomic mass is 10.0. The number of hydrazone groups is 1. The van der Waals surface area contributed by atoms with Gasteiger partial charge in [-0.15, -0.1) is 0 Å². The standard InChI is InChI=1S/C19H15ClN4O3S/c20-13-5-3-12(4-6-13)14-10-15(16-2-1-9-27-16)24(23-14)18(26)11-28-19-21-8-7-17(25)22-19/h1-9,15H,10-11H2,(H,21,22,25)/t15-/m1/s1. The molecule has 0 radical (unpaired) electrons. The van der Waals surface area contributed by atoms with Crippen LogP contribution in [0.5, 0.6) is 0 Å². The first-order valence-electron chi connectivity index (χ1n) is 8.47. The second-order valence-corrected chi connectivity index (χ2v) is 7.46. The molecule has 1 amide bonds. The zero-order valence-electron chi connectivity index (χ0n) is 14.5. The van der Waals surface area contributed by atoms with Crippen molar-refractivity contribution in [1.29, 1.82) is 0 Å². The molecule has 2 aromatic heterocycles. The Morgan fingerprint density at radius 2 is 2.11 bits per heavy atom. The van der Waals surface area contributed by atoms with Gasteiger partial charge in [0.2, 0.25) is 0 Å². The molecule has 7 nitrogen and oxygen atoms in total. The maximum absolute atomic E-state index is 12.9. The molecule has 28 heavy (non-hydrogen) atoms. The van der Waals surface area contributed by atoms with Gasteiger partial charge in [0.05, 0.1) is 17.7 Å². The van der Waals surface area contributed by atoms with Crippen LogP contribution >= 0.6 is 23.4 Å². The van der Waals surface area contributed by atoms with Gasteiger partial charge in [0.15, 0.2) is 5.16 Å². The first-order valence-corrected chi connectivity index (χ1v) is 9.83. The van der Waals surface area contributed by atoms with Crippen LogP contribution < -0.4 is 5.56 Å². The zero-order chi connectivity index (χ0) is 19.5. The number of nitrogens with one attached hydrogen (secondary N) is 1. The smallest absolute Gasteiger partial charge is 0.253 e. The van der Waals surface area contributed by atoms with Crippen LogP contribution in [0.3, 0.4) is 0 Å². The minimum Gasteiger partial charge on any atom is -0.467 e. The van der Waals surface area contributed by atoms with Gasteiger partial charge in [0.1, 0.15) is 11.8 Å². The molecular formula is C19H15ClN4O3S.